The second-order valence-electron chi connectivity index (χ2n) is 8.30. The number of thioether (sulfide) groups is 1. The standard InChI is InChI=1S/C25H25N3O2S2/c1-16-14-21(17(2)27(16)12-11-19-6-5-13-31-19)23(29)15-32-25-26-22-8-4-3-7-20(22)24(30)28(25)18-9-10-18/h3-8,13-14,18H,9-12,15H2,1-2H3. The highest BCUT2D eigenvalue weighted by atomic mass is 32.2. The summed E-state index contributed by atoms with van der Waals surface area (Å²) in [5.74, 6) is 0.349. The Morgan fingerprint density at radius 1 is 1.19 bits per heavy atom. The van der Waals surface area contributed by atoms with Gasteiger partial charge in [0, 0.05) is 34.4 Å². The molecule has 0 saturated heterocycles. The molecular weight excluding hydrogens is 438 g/mol. The number of thiophene rings is 1. The van der Waals surface area contributed by atoms with Gasteiger partial charge in [0.25, 0.3) is 5.56 Å². The molecule has 1 aliphatic carbocycles. The number of ketones is 1. The van der Waals surface area contributed by atoms with E-state index in [-0.39, 0.29) is 23.1 Å². The van der Waals surface area contributed by atoms with Gasteiger partial charge in [-0.1, -0.05) is 30.0 Å². The molecular formula is C25H25N3O2S2. The molecule has 0 amide bonds. The van der Waals surface area contributed by atoms with Crippen molar-refractivity contribution < 1.29 is 4.79 Å². The zero-order valence-corrected chi connectivity index (χ0v) is 19.8. The highest BCUT2D eigenvalue weighted by Crippen LogP contribution is 2.37. The van der Waals surface area contributed by atoms with Crippen molar-refractivity contribution in [3.05, 3.63) is 80.0 Å². The summed E-state index contributed by atoms with van der Waals surface area (Å²) in [5, 5.41) is 3.39. The molecule has 32 heavy (non-hydrogen) atoms. The summed E-state index contributed by atoms with van der Waals surface area (Å²) in [6.07, 6.45) is 2.95. The molecule has 0 N–H and O–H groups in total. The third-order valence-corrected chi connectivity index (χ3v) is 7.94. The molecule has 1 fully saturated rings. The summed E-state index contributed by atoms with van der Waals surface area (Å²) in [7, 11) is 0. The lowest BCUT2D eigenvalue weighted by atomic mass is 10.2. The number of Topliss-reactive ketones (excluding diaryl/α,β-unsaturated/α-hetero) is 1. The van der Waals surface area contributed by atoms with E-state index in [1.165, 1.54) is 16.6 Å². The Morgan fingerprint density at radius 3 is 2.75 bits per heavy atom. The number of aryl methyl sites for hydroxylation is 2. The first-order chi connectivity index (χ1) is 15.5. The SMILES string of the molecule is Cc1cc(C(=O)CSc2nc3ccccc3c(=O)n2C2CC2)c(C)n1CCc1cccs1. The van der Waals surface area contributed by atoms with E-state index in [2.05, 4.69) is 29.0 Å². The monoisotopic (exact) mass is 463 g/mol. The van der Waals surface area contributed by atoms with E-state index >= 15 is 0 Å². The fraction of sp³-hybridized carbons (Fsp3) is 0.320. The molecule has 1 aliphatic rings. The summed E-state index contributed by atoms with van der Waals surface area (Å²) in [4.78, 5) is 32.3. The molecule has 0 spiro atoms. The van der Waals surface area contributed by atoms with Gasteiger partial charge in [-0.05, 0) is 62.8 Å². The van der Waals surface area contributed by atoms with E-state index in [0.717, 1.165) is 42.8 Å². The van der Waals surface area contributed by atoms with Crippen molar-refractivity contribution in [3.8, 4) is 0 Å². The van der Waals surface area contributed by atoms with Crippen LogP contribution in [0.5, 0.6) is 0 Å². The minimum absolute atomic E-state index is 0.000182. The lowest BCUT2D eigenvalue weighted by Crippen LogP contribution is -2.22. The van der Waals surface area contributed by atoms with Crippen LogP contribution in [0.3, 0.4) is 0 Å². The Bertz CT molecular complexity index is 1350. The Labute approximate surface area is 195 Å². The first-order valence-electron chi connectivity index (χ1n) is 10.9. The molecule has 0 atom stereocenters. The summed E-state index contributed by atoms with van der Waals surface area (Å²) in [5.41, 5.74) is 3.57. The lowest BCUT2D eigenvalue weighted by molar-refractivity contribution is 0.102. The van der Waals surface area contributed by atoms with Gasteiger partial charge in [0.1, 0.15) is 0 Å². The molecule has 1 aromatic carbocycles. The molecule has 7 heteroatoms. The smallest absolute Gasteiger partial charge is 0.262 e. The van der Waals surface area contributed by atoms with Gasteiger partial charge in [0.05, 0.1) is 16.7 Å². The normalized spacial score (nSPS) is 13.7. The second-order valence-corrected chi connectivity index (χ2v) is 10.3. The van der Waals surface area contributed by atoms with Gasteiger partial charge in [-0.3, -0.25) is 14.2 Å². The van der Waals surface area contributed by atoms with Gasteiger partial charge in [0.15, 0.2) is 10.9 Å². The van der Waals surface area contributed by atoms with E-state index in [9.17, 15) is 9.59 Å². The molecule has 0 unspecified atom stereocenters. The van der Waals surface area contributed by atoms with E-state index < -0.39 is 0 Å². The molecule has 0 radical (unpaired) electrons. The maximum absolute atomic E-state index is 13.1. The van der Waals surface area contributed by atoms with Crippen molar-refractivity contribution in [1.82, 2.24) is 14.1 Å². The predicted octanol–water partition coefficient (Wildman–Crippen LogP) is 5.43. The molecule has 3 heterocycles. The number of carbonyl (C=O) groups is 1. The predicted molar refractivity (Wildman–Crippen MR) is 131 cm³/mol. The largest absolute Gasteiger partial charge is 0.348 e. The maximum Gasteiger partial charge on any atom is 0.262 e. The van der Waals surface area contributed by atoms with Crippen LogP contribution in [0.2, 0.25) is 0 Å². The molecule has 5 nitrogen and oxygen atoms in total. The molecule has 4 aromatic rings. The van der Waals surface area contributed by atoms with Crippen LogP contribution in [-0.2, 0) is 13.0 Å². The summed E-state index contributed by atoms with van der Waals surface area (Å²) in [6.45, 7) is 4.95. The number of hydrogen-bond acceptors (Lipinski definition) is 5. The van der Waals surface area contributed by atoms with Crippen LogP contribution in [0.15, 0.2) is 57.8 Å². The van der Waals surface area contributed by atoms with Gasteiger partial charge >= 0.3 is 0 Å². The van der Waals surface area contributed by atoms with Crippen LogP contribution < -0.4 is 5.56 Å². The number of carbonyl (C=O) groups excluding carboxylic acids is 1. The Kier molecular flexibility index (Phi) is 5.78. The van der Waals surface area contributed by atoms with Crippen molar-refractivity contribution in [3.63, 3.8) is 0 Å². The minimum Gasteiger partial charge on any atom is -0.348 e. The first-order valence-corrected chi connectivity index (χ1v) is 12.8. The van der Waals surface area contributed by atoms with Crippen LogP contribution in [-0.4, -0.2) is 25.7 Å². The van der Waals surface area contributed by atoms with Crippen molar-refractivity contribution >= 4 is 39.8 Å². The number of benzene rings is 1. The van der Waals surface area contributed by atoms with Gasteiger partial charge < -0.3 is 4.57 Å². The number of aromatic nitrogens is 3. The number of rotatable bonds is 8. The van der Waals surface area contributed by atoms with Crippen molar-refractivity contribution in [2.24, 2.45) is 0 Å². The van der Waals surface area contributed by atoms with Gasteiger partial charge in [-0.15, -0.1) is 11.3 Å². The molecule has 0 bridgehead atoms. The third-order valence-electron chi connectivity index (χ3n) is 6.06. The van der Waals surface area contributed by atoms with Gasteiger partial charge in [0.2, 0.25) is 0 Å². The molecule has 5 rings (SSSR count). The van der Waals surface area contributed by atoms with Crippen LogP contribution >= 0.6 is 23.1 Å². The number of para-hydroxylation sites is 1. The highest BCUT2D eigenvalue weighted by Gasteiger charge is 2.29. The van der Waals surface area contributed by atoms with E-state index in [0.29, 0.717) is 16.1 Å². The summed E-state index contributed by atoms with van der Waals surface area (Å²) < 4.78 is 4.02. The van der Waals surface area contributed by atoms with Crippen LogP contribution in [0, 0.1) is 13.8 Å². The molecule has 0 aliphatic heterocycles. The number of hydrogen-bond donors (Lipinski definition) is 0. The van der Waals surface area contributed by atoms with Crippen molar-refractivity contribution in [1.29, 1.82) is 0 Å². The Hall–Kier alpha value is -2.64. The summed E-state index contributed by atoms with van der Waals surface area (Å²) >= 11 is 3.14. The average Bonchev–Trinajstić information content (AvgIpc) is 3.40. The first kappa shape index (κ1) is 21.2. The minimum atomic E-state index is -0.000182. The number of fused-ring (bicyclic) bond motifs is 1. The summed E-state index contributed by atoms with van der Waals surface area (Å²) in [6, 6.07) is 13.9. The Morgan fingerprint density at radius 2 is 2.00 bits per heavy atom. The Balaban J connectivity index is 1.36. The van der Waals surface area contributed by atoms with E-state index in [4.69, 9.17) is 4.98 Å². The molecule has 1 saturated carbocycles. The van der Waals surface area contributed by atoms with Crippen LogP contribution in [0.25, 0.3) is 10.9 Å². The van der Waals surface area contributed by atoms with Crippen LogP contribution in [0.4, 0.5) is 0 Å². The fourth-order valence-electron chi connectivity index (χ4n) is 4.19. The maximum atomic E-state index is 13.1. The number of nitrogens with zero attached hydrogens (tertiary/aromatic N) is 3. The van der Waals surface area contributed by atoms with Crippen LogP contribution in [0.1, 0.15) is 45.5 Å². The van der Waals surface area contributed by atoms with Crippen molar-refractivity contribution in [2.45, 2.75) is 50.9 Å². The van der Waals surface area contributed by atoms with E-state index in [1.54, 1.807) is 15.9 Å². The highest BCUT2D eigenvalue weighted by molar-refractivity contribution is 7.99. The fourth-order valence-corrected chi connectivity index (χ4v) is 5.84. The van der Waals surface area contributed by atoms with Gasteiger partial charge in [-0.2, -0.15) is 0 Å². The average molecular weight is 464 g/mol. The zero-order valence-electron chi connectivity index (χ0n) is 18.2. The molecule has 3 aromatic heterocycles. The molecule has 164 valence electrons. The topological polar surface area (TPSA) is 56.9 Å². The quantitative estimate of drug-likeness (QED) is 0.199. The lowest BCUT2D eigenvalue weighted by Gasteiger charge is -2.12. The van der Waals surface area contributed by atoms with Crippen molar-refractivity contribution in [2.75, 3.05) is 5.75 Å². The third kappa shape index (κ3) is 4.07. The van der Waals surface area contributed by atoms with E-state index in [1.807, 2.05) is 37.3 Å². The zero-order chi connectivity index (χ0) is 22.2. The van der Waals surface area contributed by atoms with Gasteiger partial charge in [-0.25, -0.2) is 4.98 Å². The second kappa shape index (κ2) is 8.71.